The molecule has 112 valence electrons. The van der Waals surface area contributed by atoms with Crippen LogP contribution in [0.5, 0.6) is 0 Å². The molecule has 0 aliphatic carbocycles. The zero-order valence-corrected chi connectivity index (χ0v) is 13.2. The van der Waals surface area contributed by atoms with Crippen molar-refractivity contribution >= 4 is 22.8 Å². The molecule has 0 saturated carbocycles. The third kappa shape index (κ3) is 3.74. The first kappa shape index (κ1) is 14.4. The molecule has 0 spiro atoms. The predicted molar refractivity (Wildman–Crippen MR) is 88.3 cm³/mol. The first-order chi connectivity index (χ1) is 10.3. The lowest BCUT2D eigenvalue weighted by Gasteiger charge is -2.27. The van der Waals surface area contributed by atoms with E-state index in [4.69, 9.17) is 4.74 Å². The van der Waals surface area contributed by atoms with E-state index >= 15 is 0 Å². The first-order valence-electron chi connectivity index (χ1n) is 7.45. The van der Waals surface area contributed by atoms with E-state index < -0.39 is 0 Å². The van der Waals surface area contributed by atoms with E-state index in [-0.39, 0.29) is 0 Å². The topological polar surface area (TPSA) is 37.4 Å². The summed E-state index contributed by atoms with van der Waals surface area (Å²) in [5, 5.41) is 3.43. The minimum absolute atomic E-state index is 0.791. The van der Waals surface area contributed by atoms with E-state index in [0.717, 1.165) is 50.8 Å². The number of rotatable bonds is 5. The van der Waals surface area contributed by atoms with Crippen molar-refractivity contribution in [3.8, 4) is 0 Å². The molecule has 1 aliphatic heterocycles. The highest BCUT2D eigenvalue weighted by atomic mass is 32.1. The maximum absolute atomic E-state index is 5.36. The van der Waals surface area contributed by atoms with E-state index in [1.807, 2.05) is 17.5 Å². The van der Waals surface area contributed by atoms with E-state index in [1.54, 1.807) is 0 Å². The fraction of sp³-hybridized carbons (Fsp3) is 0.438. The first-order valence-corrected chi connectivity index (χ1v) is 8.27. The molecule has 1 fully saturated rings. The van der Waals surface area contributed by atoms with Gasteiger partial charge in [0.25, 0.3) is 0 Å². The van der Waals surface area contributed by atoms with Gasteiger partial charge in [0.2, 0.25) is 0 Å². The molecular weight excluding hydrogens is 282 g/mol. The van der Waals surface area contributed by atoms with E-state index in [9.17, 15) is 0 Å². The second-order valence-corrected chi connectivity index (χ2v) is 6.33. The van der Waals surface area contributed by atoms with Crippen LogP contribution in [0.1, 0.15) is 16.7 Å². The molecule has 2 aromatic heterocycles. The highest BCUT2D eigenvalue weighted by molar-refractivity contribution is 7.12. The Morgan fingerprint density at radius 2 is 2.00 bits per heavy atom. The van der Waals surface area contributed by atoms with Crippen molar-refractivity contribution in [1.82, 2.24) is 4.98 Å². The lowest BCUT2D eigenvalue weighted by Crippen LogP contribution is -2.36. The number of pyridine rings is 1. The lowest BCUT2D eigenvalue weighted by atomic mass is 10.3. The van der Waals surface area contributed by atoms with Gasteiger partial charge in [0.15, 0.2) is 0 Å². The number of thiophene rings is 1. The largest absolute Gasteiger partial charge is 0.379 e. The van der Waals surface area contributed by atoms with Gasteiger partial charge in [-0.1, -0.05) is 6.92 Å². The third-order valence-corrected chi connectivity index (χ3v) is 4.85. The van der Waals surface area contributed by atoms with Crippen LogP contribution in [-0.4, -0.2) is 31.3 Å². The second kappa shape index (κ2) is 6.91. The molecule has 21 heavy (non-hydrogen) atoms. The number of anilines is 2. The van der Waals surface area contributed by atoms with Gasteiger partial charge in [0, 0.05) is 29.4 Å². The molecule has 2 aromatic rings. The van der Waals surface area contributed by atoms with Crippen molar-refractivity contribution < 1.29 is 4.74 Å². The van der Waals surface area contributed by atoms with Crippen molar-refractivity contribution in [1.29, 1.82) is 0 Å². The highest BCUT2D eigenvalue weighted by Crippen LogP contribution is 2.19. The number of nitrogens with zero attached hydrogens (tertiary/aromatic N) is 2. The molecule has 1 N–H and O–H groups in total. The summed E-state index contributed by atoms with van der Waals surface area (Å²) in [6.07, 6.45) is 3.03. The van der Waals surface area contributed by atoms with E-state index in [1.165, 1.54) is 9.75 Å². The lowest BCUT2D eigenvalue weighted by molar-refractivity contribution is 0.122. The van der Waals surface area contributed by atoms with Crippen LogP contribution in [-0.2, 0) is 17.7 Å². The number of morpholine rings is 1. The van der Waals surface area contributed by atoms with Crippen molar-refractivity contribution in [2.45, 2.75) is 19.9 Å². The summed E-state index contributed by atoms with van der Waals surface area (Å²) >= 11 is 1.87. The standard InChI is InChI=1S/C16H21N3OS/c1-2-14-4-5-15(21-14)12-17-13-3-6-16(18-11-13)19-7-9-20-10-8-19/h3-6,11,17H,2,7-10,12H2,1H3. The molecule has 0 bridgehead atoms. The number of aryl methyl sites for hydroxylation is 1. The third-order valence-electron chi connectivity index (χ3n) is 3.62. The zero-order valence-electron chi connectivity index (χ0n) is 12.3. The molecule has 0 radical (unpaired) electrons. The van der Waals surface area contributed by atoms with Crippen LogP contribution in [0.2, 0.25) is 0 Å². The van der Waals surface area contributed by atoms with Crippen molar-refractivity contribution in [3.05, 3.63) is 40.2 Å². The molecular formula is C16H21N3OS. The Morgan fingerprint density at radius 3 is 2.67 bits per heavy atom. The summed E-state index contributed by atoms with van der Waals surface area (Å²) in [5.74, 6) is 1.04. The van der Waals surface area contributed by atoms with Crippen molar-refractivity contribution in [3.63, 3.8) is 0 Å². The fourth-order valence-corrected chi connectivity index (χ4v) is 3.26. The normalized spacial score (nSPS) is 15.2. The van der Waals surface area contributed by atoms with Crippen molar-refractivity contribution in [2.75, 3.05) is 36.5 Å². The molecule has 0 amide bonds. The Balaban J connectivity index is 1.56. The number of aromatic nitrogens is 1. The van der Waals surface area contributed by atoms with Crippen LogP contribution in [0, 0.1) is 0 Å². The summed E-state index contributed by atoms with van der Waals surface area (Å²) in [6, 6.07) is 8.60. The molecule has 3 heterocycles. The van der Waals surface area contributed by atoms with Crippen LogP contribution in [0.3, 0.4) is 0 Å². The van der Waals surface area contributed by atoms with Crippen LogP contribution in [0.25, 0.3) is 0 Å². The molecule has 1 saturated heterocycles. The average Bonchev–Trinajstić information content (AvgIpc) is 3.02. The van der Waals surface area contributed by atoms with Gasteiger partial charge in [-0.2, -0.15) is 0 Å². The summed E-state index contributed by atoms with van der Waals surface area (Å²) in [7, 11) is 0. The Labute approximate surface area is 129 Å². The fourth-order valence-electron chi connectivity index (χ4n) is 2.37. The second-order valence-electron chi connectivity index (χ2n) is 5.08. The molecule has 3 rings (SSSR count). The minimum Gasteiger partial charge on any atom is -0.379 e. The summed E-state index contributed by atoms with van der Waals surface area (Å²) in [6.45, 7) is 6.49. The molecule has 4 nitrogen and oxygen atoms in total. The van der Waals surface area contributed by atoms with E-state index in [2.05, 4.69) is 46.4 Å². The molecule has 0 atom stereocenters. The van der Waals surface area contributed by atoms with Gasteiger partial charge in [0.1, 0.15) is 5.82 Å². The molecule has 0 aromatic carbocycles. The Morgan fingerprint density at radius 1 is 1.19 bits per heavy atom. The zero-order chi connectivity index (χ0) is 14.5. The Bertz CT molecular complexity index is 561. The summed E-state index contributed by atoms with van der Waals surface area (Å²) < 4.78 is 5.36. The highest BCUT2D eigenvalue weighted by Gasteiger charge is 2.11. The van der Waals surface area contributed by atoms with Gasteiger partial charge in [-0.25, -0.2) is 4.98 Å². The Hall–Kier alpha value is -1.59. The summed E-state index contributed by atoms with van der Waals surface area (Å²) in [4.78, 5) is 9.61. The van der Waals surface area contributed by atoms with E-state index in [0.29, 0.717) is 0 Å². The minimum atomic E-state index is 0.791. The molecule has 0 unspecified atom stereocenters. The van der Waals surface area contributed by atoms with Gasteiger partial charge < -0.3 is 15.0 Å². The maximum atomic E-state index is 5.36. The van der Waals surface area contributed by atoms with Gasteiger partial charge in [-0.15, -0.1) is 11.3 Å². The molecule has 5 heteroatoms. The smallest absolute Gasteiger partial charge is 0.128 e. The van der Waals surface area contributed by atoms with Gasteiger partial charge >= 0.3 is 0 Å². The van der Waals surface area contributed by atoms with Crippen LogP contribution in [0.15, 0.2) is 30.5 Å². The number of hydrogen-bond acceptors (Lipinski definition) is 5. The van der Waals surface area contributed by atoms with Crippen LogP contribution < -0.4 is 10.2 Å². The van der Waals surface area contributed by atoms with Gasteiger partial charge in [-0.3, -0.25) is 0 Å². The number of hydrogen-bond donors (Lipinski definition) is 1. The van der Waals surface area contributed by atoms with Crippen LogP contribution >= 0.6 is 11.3 Å². The van der Waals surface area contributed by atoms with Crippen LogP contribution in [0.4, 0.5) is 11.5 Å². The molecule has 1 aliphatic rings. The summed E-state index contributed by atoms with van der Waals surface area (Å²) in [5.41, 5.74) is 1.07. The predicted octanol–water partition coefficient (Wildman–Crippen LogP) is 3.15. The SMILES string of the molecule is CCc1ccc(CNc2ccc(N3CCOCC3)nc2)s1. The van der Waals surface area contributed by atoms with Crippen molar-refractivity contribution in [2.24, 2.45) is 0 Å². The maximum Gasteiger partial charge on any atom is 0.128 e. The van der Waals surface area contributed by atoms with Gasteiger partial charge in [0.05, 0.1) is 25.1 Å². The monoisotopic (exact) mass is 303 g/mol. The van der Waals surface area contributed by atoms with Gasteiger partial charge in [-0.05, 0) is 30.7 Å². The average molecular weight is 303 g/mol. The quantitative estimate of drug-likeness (QED) is 0.921. The Kier molecular flexibility index (Phi) is 4.72. The number of nitrogens with one attached hydrogen (secondary N) is 1. The number of ether oxygens (including phenoxy) is 1.